The molecule has 0 bridgehead atoms. The molecular weight excluding hydrogens is 503 g/mol. The van der Waals surface area contributed by atoms with Crippen LogP contribution < -0.4 is 15.4 Å². The van der Waals surface area contributed by atoms with E-state index in [1.165, 1.54) is 24.3 Å². The van der Waals surface area contributed by atoms with Crippen molar-refractivity contribution in [2.75, 3.05) is 25.5 Å². The Morgan fingerprint density at radius 2 is 1.92 bits per heavy atom. The van der Waals surface area contributed by atoms with Crippen molar-refractivity contribution >= 4 is 23.4 Å². The zero-order valence-electron chi connectivity index (χ0n) is 21.1. The van der Waals surface area contributed by atoms with Crippen LogP contribution in [0.3, 0.4) is 0 Å². The summed E-state index contributed by atoms with van der Waals surface area (Å²) in [6.07, 6.45) is -2.94. The summed E-state index contributed by atoms with van der Waals surface area (Å²) >= 11 is 0. The van der Waals surface area contributed by atoms with E-state index in [-0.39, 0.29) is 53.8 Å². The molecule has 0 spiro atoms. The van der Waals surface area contributed by atoms with Crippen molar-refractivity contribution in [2.45, 2.75) is 57.0 Å². The van der Waals surface area contributed by atoms with Crippen LogP contribution in [-0.2, 0) is 15.7 Å². The molecule has 38 heavy (non-hydrogen) atoms. The standard InChI is InChI=1S/C27H30F3N3O5/c1-3-11-31-24(34)14-19-8-9-21-23(38-19)15-37-22-10-7-18(13-20(22)26(36)33(21)2)32-25(35)16-5-4-6-17(12-16)27(28,29)30/h4-7,10,12-13,19,21,23H,3,8-9,11,14-15H2,1-2H3,(H,31,34)(H,32,35)/t19-,21-,23-/m0/s1. The molecule has 2 heterocycles. The summed E-state index contributed by atoms with van der Waals surface area (Å²) in [5.74, 6) is -0.855. The molecule has 2 N–H and O–H groups in total. The van der Waals surface area contributed by atoms with E-state index in [1.54, 1.807) is 11.9 Å². The Morgan fingerprint density at radius 1 is 1.13 bits per heavy atom. The Morgan fingerprint density at radius 3 is 2.66 bits per heavy atom. The second-order valence-electron chi connectivity index (χ2n) is 9.47. The van der Waals surface area contributed by atoms with Crippen LogP contribution in [0.2, 0.25) is 0 Å². The van der Waals surface area contributed by atoms with Crippen molar-refractivity contribution in [1.82, 2.24) is 10.2 Å². The minimum Gasteiger partial charge on any atom is -0.490 e. The molecule has 11 heteroatoms. The molecule has 1 fully saturated rings. The van der Waals surface area contributed by atoms with Gasteiger partial charge >= 0.3 is 6.18 Å². The fourth-order valence-corrected chi connectivity index (χ4v) is 4.69. The van der Waals surface area contributed by atoms with Crippen molar-refractivity contribution in [2.24, 2.45) is 0 Å². The molecule has 0 saturated carbocycles. The molecular formula is C27H30F3N3O5. The second kappa shape index (κ2) is 11.4. The minimum atomic E-state index is -4.57. The maximum absolute atomic E-state index is 13.4. The Kier molecular flexibility index (Phi) is 8.25. The van der Waals surface area contributed by atoms with Gasteiger partial charge in [0.2, 0.25) is 5.91 Å². The number of benzene rings is 2. The maximum atomic E-state index is 13.4. The number of anilines is 1. The Hall–Kier alpha value is -3.60. The second-order valence-corrected chi connectivity index (χ2v) is 9.47. The first-order valence-electron chi connectivity index (χ1n) is 12.5. The van der Waals surface area contributed by atoms with E-state index in [9.17, 15) is 27.6 Å². The molecule has 2 aliphatic heterocycles. The third-order valence-electron chi connectivity index (χ3n) is 6.71. The number of hydrogen-bond acceptors (Lipinski definition) is 5. The number of rotatable bonds is 6. The highest BCUT2D eigenvalue weighted by Crippen LogP contribution is 2.33. The molecule has 0 aliphatic carbocycles. The van der Waals surface area contributed by atoms with Gasteiger partial charge in [0.25, 0.3) is 11.8 Å². The van der Waals surface area contributed by atoms with Crippen LogP contribution in [0.15, 0.2) is 42.5 Å². The first-order valence-corrected chi connectivity index (χ1v) is 12.5. The number of nitrogens with one attached hydrogen (secondary N) is 2. The van der Waals surface area contributed by atoms with Crippen molar-refractivity contribution < 1.29 is 37.0 Å². The number of halogens is 3. The van der Waals surface area contributed by atoms with Crippen molar-refractivity contribution in [3.63, 3.8) is 0 Å². The zero-order chi connectivity index (χ0) is 27.4. The van der Waals surface area contributed by atoms with E-state index in [2.05, 4.69) is 10.6 Å². The predicted octanol–water partition coefficient (Wildman–Crippen LogP) is 4.25. The number of likely N-dealkylation sites (N-methyl/N-ethyl adjacent to an activating group) is 1. The number of carbonyl (C=O) groups excluding carboxylic acids is 3. The van der Waals surface area contributed by atoms with Gasteiger partial charge in [0.1, 0.15) is 18.5 Å². The zero-order valence-corrected chi connectivity index (χ0v) is 21.1. The number of amides is 3. The first-order chi connectivity index (χ1) is 18.1. The molecule has 8 nitrogen and oxygen atoms in total. The smallest absolute Gasteiger partial charge is 0.416 e. The largest absolute Gasteiger partial charge is 0.490 e. The normalized spacial score (nSPS) is 21.3. The topological polar surface area (TPSA) is 97.0 Å². The fraction of sp³-hybridized carbons (Fsp3) is 0.444. The number of carbonyl (C=O) groups is 3. The highest BCUT2D eigenvalue weighted by atomic mass is 19.4. The average Bonchev–Trinajstić information content (AvgIpc) is 2.89. The van der Waals surface area contributed by atoms with Gasteiger partial charge in [-0.05, 0) is 55.7 Å². The van der Waals surface area contributed by atoms with E-state index in [0.29, 0.717) is 25.1 Å². The van der Waals surface area contributed by atoms with Crippen LogP contribution in [0.1, 0.15) is 58.9 Å². The van der Waals surface area contributed by atoms with E-state index < -0.39 is 23.8 Å². The quantitative estimate of drug-likeness (QED) is 0.579. The van der Waals surface area contributed by atoms with Gasteiger partial charge in [0.15, 0.2) is 0 Å². The fourth-order valence-electron chi connectivity index (χ4n) is 4.69. The lowest BCUT2D eigenvalue weighted by molar-refractivity contribution is -0.137. The lowest BCUT2D eigenvalue weighted by Gasteiger charge is -2.42. The van der Waals surface area contributed by atoms with Crippen LogP contribution in [0.5, 0.6) is 5.75 Å². The van der Waals surface area contributed by atoms with E-state index in [4.69, 9.17) is 9.47 Å². The maximum Gasteiger partial charge on any atom is 0.416 e. The van der Waals surface area contributed by atoms with Crippen LogP contribution in [0, 0.1) is 0 Å². The summed E-state index contributed by atoms with van der Waals surface area (Å²) in [6, 6.07) is 8.33. The molecule has 2 aromatic rings. The van der Waals surface area contributed by atoms with Crippen LogP contribution in [-0.4, -0.2) is 61.1 Å². The summed E-state index contributed by atoms with van der Waals surface area (Å²) in [5, 5.41) is 5.40. The molecule has 0 unspecified atom stereocenters. The molecule has 3 amide bonds. The third-order valence-corrected chi connectivity index (χ3v) is 6.71. The van der Waals surface area contributed by atoms with Gasteiger partial charge in [-0.3, -0.25) is 14.4 Å². The molecule has 204 valence electrons. The van der Waals surface area contributed by atoms with E-state index >= 15 is 0 Å². The Balaban J connectivity index is 1.47. The van der Waals surface area contributed by atoms with Gasteiger partial charge in [-0.25, -0.2) is 0 Å². The van der Waals surface area contributed by atoms with Gasteiger partial charge < -0.3 is 25.0 Å². The molecule has 2 aliphatic rings. The van der Waals surface area contributed by atoms with Gasteiger partial charge in [-0.2, -0.15) is 13.2 Å². The average molecular weight is 534 g/mol. The first kappa shape index (κ1) is 27.4. The highest BCUT2D eigenvalue weighted by molar-refractivity contribution is 6.05. The van der Waals surface area contributed by atoms with E-state index in [1.807, 2.05) is 6.92 Å². The molecule has 1 saturated heterocycles. The molecule has 4 rings (SSSR count). The van der Waals surface area contributed by atoms with E-state index in [0.717, 1.165) is 24.6 Å². The number of alkyl halides is 3. The summed E-state index contributed by atoms with van der Waals surface area (Å²) in [6.45, 7) is 2.75. The summed E-state index contributed by atoms with van der Waals surface area (Å²) < 4.78 is 51.1. The monoisotopic (exact) mass is 533 g/mol. The van der Waals surface area contributed by atoms with Crippen molar-refractivity contribution in [1.29, 1.82) is 0 Å². The van der Waals surface area contributed by atoms with Crippen molar-refractivity contribution in [3.05, 3.63) is 59.2 Å². The van der Waals surface area contributed by atoms with Gasteiger partial charge in [-0.1, -0.05) is 13.0 Å². The predicted molar refractivity (Wildman–Crippen MR) is 133 cm³/mol. The summed E-state index contributed by atoms with van der Waals surface area (Å²) in [7, 11) is 1.67. The molecule has 2 aromatic carbocycles. The van der Waals surface area contributed by atoms with Crippen LogP contribution >= 0.6 is 0 Å². The number of fused-ring (bicyclic) bond motifs is 2. The molecule has 0 aromatic heterocycles. The lowest BCUT2D eigenvalue weighted by Crippen LogP contribution is -2.54. The third kappa shape index (κ3) is 6.27. The number of hydrogen-bond donors (Lipinski definition) is 2. The van der Waals surface area contributed by atoms with Crippen molar-refractivity contribution in [3.8, 4) is 5.75 Å². The summed E-state index contributed by atoms with van der Waals surface area (Å²) in [4.78, 5) is 39.7. The Labute approximate surface area is 218 Å². The van der Waals surface area contributed by atoms with Crippen LogP contribution in [0.25, 0.3) is 0 Å². The minimum absolute atomic E-state index is 0.0726. The number of nitrogens with zero attached hydrogens (tertiary/aromatic N) is 1. The van der Waals surface area contributed by atoms with Gasteiger partial charge in [0, 0.05) is 24.8 Å². The lowest BCUT2D eigenvalue weighted by atomic mass is 9.94. The molecule has 3 atom stereocenters. The number of ether oxygens (including phenoxy) is 2. The highest BCUT2D eigenvalue weighted by Gasteiger charge is 2.39. The van der Waals surface area contributed by atoms with Gasteiger partial charge in [-0.15, -0.1) is 0 Å². The Bertz CT molecular complexity index is 1200. The van der Waals surface area contributed by atoms with Gasteiger partial charge in [0.05, 0.1) is 29.7 Å². The molecule has 0 radical (unpaired) electrons. The summed E-state index contributed by atoms with van der Waals surface area (Å²) in [5.41, 5.74) is -0.631. The van der Waals surface area contributed by atoms with Crippen LogP contribution in [0.4, 0.5) is 18.9 Å². The SMILES string of the molecule is CCCNC(=O)C[C@@H]1CC[C@H]2[C@H](COc3ccc(NC(=O)c4cccc(C(F)(F)F)c4)cc3C(=O)N2C)O1.